The van der Waals surface area contributed by atoms with Gasteiger partial charge in [-0.3, -0.25) is 0 Å². The highest BCUT2D eigenvalue weighted by atomic mass is 16.8. The molecule has 2 N–H and O–H groups in total. The van der Waals surface area contributed by atoms with Crippen molar-refractivity contribution >= 4 is 0 Å². The first-order valence-corrected chi connectivity index (χ1v) is 11.7. The largest absolute Gasteiger partial charge is 0.393 e. The van der Waals surface area contributed by atoms with E-state index in [-0.39, 0.29) is 36.6 Å². The van der Waals surface area contributed by atoms with E-state index in [0.29, 0.717) is 45.9 Å². The molecule has 9 unspecified atom stereocenters. The van der Waals surface area contributed by atoms with Gasteiger partial charge in [-0.15, -0.1) is 0 Å². The van der Waals surface area contributed by atoms with Gasteiger partial charge >= 0.3 is 0 Å². The van der Waals surface area contributed by atoms with Gasteiger partial charge in [0, 0.05) is 12.3 Å². The maximum absolute atomic E-state index is 11.0. The van der Waals surface area contributed by atoms with Crippen LogP contribution in [0.15, 0.2) is 0 Å². The van der Waals surface area contributed by atoms with Crippen LogP contribution in [-0.2, 0) is 28.4 Å². The number of aliphatic hydroxyl groups is 2. The van der Waals surface area contributed by atoms with Crippen molar-refractivity contribution in [2.24, 2.45) is 5.92 Å². The Hall–Kier alpha value is -0.320. The average Bonchev–Trinajstić information content (AvgIpc) is 3.55. The van der Waals surface area contributed by atoms with Gasteiger partial charge in [-0.05, 0) is 25.7 Å². The molecule has 4 saturated heterocycles. The molecular weight excluding hydrogens is 392 g/mol. The highest BCUT2D eigenvalue weighted by Gasteiger charge is 2.47. The van der Waals surface area contributed by atoms with Gasteiger partial charge in [0.05, 0.1) is 63.1 Å². The molecule has 0 bridgehead atoms. The van der Waals surface area contributed by atoms with Crippen molar-refractivity contribution in [2.75, 3.05) is 33.0 Å². The number of hydrogen-bond acceptors (Lipinski definition) is 8. The summed E-state index contributed by atoms with van der Waals surface area (Å²) < 4.78 is 33.4. The summed E-state index contributed by atoms with van der Waals surface area (Å²) in [4.78, 5) is 0. The third kappa shape index (κ3) is 7.67. The van der Waals surface area contributed by atoms with Crippen LogP contribution in [-0.4, -0.2) is 92.3 Å². The Morgan fingerprint density at radius 1 is 0.867 bits per heavy atom. The molecule has 4 aliphatic rings. The van der Waals surface area contributed by atoms with Gasteiger partial charge in [-0.2, -0.15) is 0 Å². The Labute approximate surface area is 179 Å². The number of epoxide rings is 4. The third-order valence-corrected chi connectivity index (χ3v) is 6.33. The molecule has 8 nitrogen and oxygen atoms in total. The van der Waals surface area contributed by atoms with Gasteiger partial charge in [0.25, 0.3) is 0 Å². The second-order valence-corrected chi connectivity index (χ2v) is 9.12. The van der Waals surface area contributed by atoms with Crippen molar-refractivity contribution in [3.05, 3.63) is 0 Å². The van der Waals surface area contributed by atoms with E-state index in [4.69, 9.17) is 28.4 Å². The summed E-state index contributed by atoms with van der Waals surface area (Å²) in [5, 5.41) is 21.9. The summed E-state index contributed by atoms with van der Waals surface area (Å²) in [6.45, 7) is 5.32. The molecule has 4 heterocycles. The van der Waals surface area contributed by atoms with Gasteiger partial charge in [-0.1, -0.05) is 19.8 Å². The van der Waals surface area contributed by atoms with E-state index in [1.165, 1.54) is 0 Å². The zero-order valence-corrected chi connectivity index (χ0v) is 18.0. The van der Waals surface area contributed by atoms with E-state index in [1.54, 1.807) is 0 Å². The first kappa shape index (κ1) is 22.9. The predicted molar refractivity (Wildman–Crippen MR) is 107 cm³/mol. The molecule has 0 aliphatic carbocycles. The van der Waals surface area contributed by atoms with E-state index < -0.39 is 18.3 Å². The minimum absolute atomic E-state index is 0.0393. The number of aliphatic hydroxyl groups excluding tert-OH is 2. The van der Waals surface area contributed by atoms with E-state index >= 15 is 0 Å². The lowest BCUT2D eigenvalue weighted by Crippen LogP contribution is -2.46. The summed E-state index contributed by atoms with van der Waals surface area (Å²) in [6, 6.07) is 0. The zero-order chi connectivity index (χ0) is 20.9. The van der Waals surface area contributed by atoms with Gasteiger partial charge in [0.1, 0.15) is 12.7 Å². The van der Waals surface area contributed by atoms with Gasteiger partial charge in [-0.25, -0.2) is 0 Å². The van der Waals surface area contributed by atoms with Crippen LogP contribution in [0.4, 0.5) is 0 Å². The molecule has 8 heteroatoms. The van der Waals surface area contributed by atoms with Gasteiger partial charge in [0.2, 0.25) is 0 Å². The van der Waals surface area contributed by atoms with Crippen LogP contribution >= 0.6 is 0 Å². The molecule has 0 aromatic heterocycles. The van der Waals surface area contributed by atoms with Crippen LogP contribution in [0.25, 0.3) is 0 Å². The van der Waals surface area contributed by atoms with Crippen molar-refractivity contribution in [1.82, 2.24) is 0 Å². The molecular formula is C22H38O8. The lowest BCUT2D eigenvalue weighted by molar-refractivity contribution is -0.111. The fourth-order valence-electron chi connectivity index (χ4n) is 4.21. The van der Waals surface area contributed by atoms with E-state index in [0.717, 1.165) is 32.1 Å². The molecule has 9 atom stereocenters. The maximum atomic E-state index is 11.0. The van der Waals surface area contributed by atoms with E-state index in [1.807, 2.05) is 0 Å². The van der Waals surface area contributed by atoms with Gasteiger partial charge < -0.3 is 38.6 Å². The van der Waals surface area contributed by atoms with Crippen LogP contribution in [0.1, 0.15) is 51.9 Å². The SMILES string of the molecule is CCCCC(CCCC(O)C(OCC1CO1)C(C(O)CC1CO1)C1CO1)OC1CO1. The Bertz CT molecular complexity index is 503. The van der Waals surface area contributed by atoms with Gasteiger partial charge in [0.15, 0.2) is 6.29 Å². The van der Waals surface area contributed by atoms with E-state index in [2.05, 4.69) is 6.92 Å². The number of ether oxygens (including phenoxy) is 6. The Balaban J connectivity index is 1.29. The highest BCUT2D eigenvalue weighted by molar-refractivity contribution is 4.95. The fraction of sp³-hybridized carbons (Fsp3) is 1.00. The summed E-state index contributed by atoms with van der Waals surface area (Å²) in [6.07, 6.45) is 4.70. The number of hydrogen-bond donors (Lipinski definition) is 2. The molecule has 0 spiro atoms. The van der Waals surface area contributed by atoms with Crippen molar-refractivity contribution in [1.29, 1.82) is 0 Å². The first-order chi connectivity index (χ1) is 14.6. The lowest BCUT2D eigenvalue weighted by atomic mass is 9.85. The summed E-state index contributed by atoms with van der Waals surface area (Å²) in [5.74, 6) is -0.255. The molecule has 174 valence electrons. The molecule has 0 saturated carbocycles. The number of unbranched alkanes of at least 4 members (excludes halogenated alkanes) is 1. The average molecular weight is 431 g/mol. The van der Waals surface area contributed by atoms with E-state index in [9.17, 15) is 10.2 Å². The molecule has 0 amide bonds. The lowest BCUT2D eigenvalue weighted by Gasteiger charge is -2.33. The highest BCUT2D eigenvalue weighted by Crippen LogP contribution is 2.35. The standard InChI is InChI=1S/C22H38O8/c1-2-3-5-14(30-20-13-28-20)6-4-7-17(23)22(29-11-16-10-26-16)21(19-12-27-19)18(24)8-15-9-25-15/h14-24H,2-13H2,1H3. The predicted octanol–water partition coefficient (Wildman–Crippen LogP) is 1.40. The van der Waals surface area contributed by atoms with Crippen LogP contribution in [0.5, 0.6) is 0 Å². The van der Waals surface area contributed by atoms with Crippen LogP contribution < -0.4 is 0 Å². The minimum atomic E-state index is -0.670. The second kappa shape index (κ2) is 11.0. The molecule has 4 aliphatic heterocycles. The maximum Gasteiger partial charge on any atom is 0.181 e. The summed E-state index contributed by atoms with van der Waals surface area (Å²) >= 11 is 0. The van der Waals surface area contributed by atoms with Crippen molar-refractivity contribution < 1.29 is 38.6 Å². The van der Waals surface area contributed by atoms with Crippen molar-refractivity contribution in [2.45, 2.75) is 101 Å². The van der Waals surface area contributed by atoms with Crippen LogP contribution in [0, 0.1) is 5.92 Å². The van der Waals surface area contributed by atoms with Crippen LogP contribution in [0.3, 0.4) is 0 Å². The van der Waals surface area contributed by atoms with Crippen LogP contribution in [0.2, 0.25) is 0 Å². The first-order valence-electron chi connectivity index (χ1n) is 11.7. The van der Waals surface area contributed by atoms with Crippen molar-refractivity contribution in [3.8, 4) is 0 Å². The minimum Gasteiger partial charge on any atom is -0.393 e. The van der Waals surface area contributed by atoms with Crippen molar-refractivity contribution in [3.63, 3.8) is 0 Å². The molecule has 4 fully saturated rings. The Morgan fingerprint density at radius 3 is 2.17 bits per heavy atom. The normalized spacial score (nSPS) is 34.1. The fourth-order valence-corrected chi connectivity index (χ4v) is 4.21. The Morgan fingerprint density at radius 2 is 1.57 bits per heavy atom. The number of rotatable bonds is 18. The second-order valence-electron chi connectivity index (χ2n) is 9.12. The molecule has 30 heavy (non-hydrogen) atoms. The third-order valence-electron chi connectivity index (χ3n) is 6.33. The summed E-state index contributed by atoms with van der Waals surface area (Å²) in [7, 11) is 0. The topological polar surface area (TPSA) is 109 Å². The molecule has 0 radical (unpaired) electrons. The quantitative estimate of drug-likeness (QED) is 0.314. The smallest absolute Gasteiger partial charge is 0.181 e. The summed E-state index contributed by atoms with van der Waals surface area (Å²) in [5.41, 5.74) is 0. The molecule has 4 rings (SSSR count). The molecule has 0 aromatic carbocycles. The monoisotopic (exact) mass is 430 g/mol. The molecule has 0 aromatic rings. The Kier molecular flexibility index (Phi) is 8.39. The zero-order valence-electron chi connectivity index (χ0n) is 18.0.